The summed E-state index contributed by atoms with van der Waals surface area (Å²) in [4.78, 5) is 35.3. The summed E-state index contributed by atoms with van der Waals surface area (Å²) in [5.74, 6) is -2.01. The van der Waals surface area contributed by atoms with Crippen molar-refractivity contribution in [2.75, 3.05) is 32.1 Å². The van der Waals surface area contributed by atoms with Gasteiger partial charge in [0.25, 0.3) is 5.91 Å². The molecular weight excluding hydrogens is 286 g/mol. The van der Waals surface area contributed by atoms with Crippen LogP contribution in [0.4, 0.5) is 5.69 Å². The van der Waals surface area contributed by atoms with Gasteiger partial charge in [-0.05, 0) is 12.1 Å². The van der Waals surface area contributed by atoms with Gasteiger partial charge in [0.1, 0.15) is 0 Å². The Morgan fingerprint density at radius 2 is 1.91 bits per heavy atom. The van der Waals surface area contributed by atoms with Crippen molar-refractivity contribution in [3.8, 4) is 0 Å². The van der Waals surface area contributed by atoms with Gasteiger partial charge in [-0.15, -0.1) is 6.58 Å². The van der Waals surface area contributed by atoms with Crippen molar-refractivity contribution in [2.24, 2.45) is 0 Å². The maximum absolute atomic E-state index is 12.0. The highest BCUT2D eigenvalue weighted by molar-refractivity contribution is 6.40. The highest BCUT2D eigenvalue weighted by Gasteiger charge is 2.17. The molecule has 0 aliphatic carbocycles. The molecule has 1 rings (SSSR count). The van der Waals surface area contributed by atoms with Gasteiger partial charge in [0.05, 0.1) is 17.9 Å². The van der Waals surface area contributed by atoms with Crippen LogP contribution in [0.2, 0.25) is 0 Å². The van der Waals surface area contributed by atoms with E-state index in [9.17, 15) is 14.4 Å². The summed E-state index contributed by atoms with van der Waals surface area (Å²) in [5.41, 5.74) is 0.526. The van der Waals surface area contributed by atoms with Gasteiger partial charge in [-0.25, -0.2) is 0 Å². The van der Waals surface area contributed by atoms with Crippen LogP contribution in [0.25, 0.3) is 0 Å². The summed E-state index contributed by atoms with van der Waals surface area (Å²) in [7, 11) is 1.49. The average molecular weight is 305 g/mol. The van der Waals surface area contributed by atoms with Crippen molar-refractivity contribution in [1.82, 2.24) is 10.6 Å². The summed E-state index contributed by atoms with van der Waals surface area (Å²) >= 11 is 0. The molecule has 0 atom stereocenters. The minimum absolute atomic E-state index is 0.226. The van der Waals surface area contributed by atoms with E-state index in [1.54, 1.807) is 30.3 Å². The Kier molecular flexibility index (Phi) is 7.35. The number of rotatable bonds is 7. The molecule has 0 bridgehead atoms. The molecule has 0 fully saturated rings. The van der Waals surface area contributed by atoms with E-state index in [2.05, 4.69) is 22.5 Å². The Hall–Kier alpha value is -2.67. The monoisotopic (exact) mass is 305 g/mol. The SMILES string of the molecule is C=CCNC(=O)c1ccccc1NC(=O)C(=O)NCCOC. The van der Waals surface area contributed by atoms with Crippen molar-refractivity contribution >= 4 is 23.4 Å². The fourth-order valence-corrected chi connectivity index (χ4v) is 1.58. The third-order valence-electron chi connectivity index (χ3n) is 2.62. The first-order valence-corrected chi connectivity index (χ1v) is 6.66. The van der Waals surface area contributed by atoms with Crippen LogP contribution in [0.3, 0.4) is 0 Å². The number of para-hydroxylation sites is 1. The molecule has 0 radical (unpaired) electrons. The van der Waals surface area contributed by atoms with Crippen LogP contribution in [0.5, 0.6) is 0 Å². The largest absolute Gasteiger partial charge is 0.383 e. The average Bonchev–Trinajstić information content (AvgIpc) is 2.53. The van der Waals surface area contributed by atoms with E-state index in [1.807, 2.05) is 0 Å². The first-order valence-electron chi connectivity index (χ1n) is 6.66. The molecule has 0 heterocycles. The van der Waals surface area contributed by atoms with Crippen LogP contribution >= 0.6 is 0 Å². The number of nitrogens with one attached hydrogen (secondary N) is 3. The topological polar surface area (TPSA) is 96.5 Å². The first kappa shape index (κ1) is 17.4. The van der Waals surface area contributed by atoms with Gasteiger partial charge in [0.15, 0.2) is 0 Å². The standard InChI is InChI=1S/C15H19N3O4/c1-3-8-16-13(19)11-6-4-5-7-12(11)18-15(21)14(20)17-9-10-22-2/h3-7H,1,8-10H2,2H3,(H,16,19)(H,17,20)(H,18,21). The third-order valence-corrected chi connectivity index (χ3v) is 2.62. The van der Waals surface area contributed by atoms with E-state index in [4.69, 9.17) is 4.74 Å². The van der Waals surface area contributed by atoms with Crippen molar-refractivity contribution in [3.05, 3.63) is 42.5 Å². The molecule has 0 aliphatic heterocycles. The van der Waals surface area contributed by atoms with E-state index in [0.717, 1.165) is 0 Å². The van der Waals surface area contributed by atoms with E-state index in [-0.39, 0.29) is 23.7 Å². The Labute approximate surface area is 128 Å². The molecule has 0 saturated carbocycles. The van der Waals surface area contributed by atoms with Gasteiger partial charge < -0.3 is 20.7 Å². The molecular formula is C15H19N3O4. The third kappa shape index (κ3) is 5.37. The van der Waals surface area contributed by atoms with E-state index in [0.29, 0.717) is 13.2 Å². The van der Waals surface area contributed by atoms with Gasteiger partial charge in [-0.3, -0.25) is 14.4 Å². The maximum atomic E-state index is 12.0. The van der Waals surface area contributed by atoms with Gasteiger partial charge in [0, 0.05) is 20.2 Å². The van der Waals surface area contributed by atoms with Gasteiger partial charge in [-0.1, -0.05) is 18.2 Å². The van der Waals surface area contributed by atoms with Crippen LogP contribution < -0.4 is 16.0 Å². The lowest BCUT2D eigenvalue weighted by Crippen LogP contribution is -2.37. The lowest BCUT2D eigenvalue weighted by Gasteiger charge is -2.10. The lowest BCUT2D eigenvalue weighted by atomic mass is 10.1. The normalized spacial score (nSPS) is 9.68. The Balaban J connectivity index is 2.72. The zero-order chi connectivity index (χ0) is 16.4. The lowest BCUT2D eigenvalue weighted by molar-refractivity contribution is -0.136. The molecule has 7 nitrogen and oxygen atoms in total. The molecule has 0 aromatic heterocycles. The van der Waals surface area contributed by atoms with E-state index >= 15 is 0 Å². The van der Waals surface area contributed by atoms with Crippen LogP contribution in [-0.2, 0) is 14.3 Å². The van der Waals surface area contributed by atoms with Crippen molar-refractivity contribution in [2.45, 2.75) is 0 Å². The number of amides is 3. The summed E-state index contributed by atoms with van der Waals surface area (Å²) in [5, 5.41) is 7.42. The number of methoxy groups -OCH3 is 1. The molecule has 7 heteroatoms. The molecule has 1 aromatic carbocycles. The maximum Gasteiger partial charge on any atom is 0.313 e. The van der Waals surface area contributed by atoms with Crippen LogP contribution in [0.1, 0.15) is 10.4 Å². The molecule has 3 amide bonds. The van der Waals surface area contributed by atoms with Gasteiger partial charge in [-0.2, -0.15) is 0 Å². The smallest absolute Gasteiger partial charge is 0.313 e. The number of ether oxygens (including phenoxy) is 1. The Morgan fingerprint density at radius 1 is 1.18 bits per heavy atom. The van der Waals surface area contributed by atoms with E-state index < -0.39 is 11.8 Å². The van der Waals surface area contributed by atoms with Crippen molar-refractivity contribution in [3.63, 3.8) is 0 Å². The predicted octanol–water partition coefficient (Wildman–Crippen LogP) is 0.304. The van der Waals surface area contributed by atoms with Crippen LogP contribution in [-0.4, -0.2) is 44.5 Å². The molecule has 0 aliphatic rings. The number of hydrogen-bond acceptors (Lipinski definition) is 4. The number of carbonyl (C=O) groups is 3. The quantitative estimate of drug-likeness (QED) is 0.383. The molecule has 22 heavy (non-hydrogen) atoms. The van der Waals surface area contributed by atoms with Crippen molar-refractivity contribution in [1.29, 1.82) is 0 Å². The molecule has 0 unspecified atom stereocenters. The van der Waals surface area contributed by atoms with Gasteiger partial charge in [0.2, 0.25) is 0 Å². The first-order chi connectivity index (χ1) is 10.6. The number of carbonyl (C=O) groups excluding carboxylic acids is 3. The van der Waals surface area contributed by atoms with Crippen LogP contribution in [0, 0.1) is 0 Å². The summed E-state index contributed by atoms with van der Waals surface area (Å²) < 4.78 is 4.77. The minimum Gasteiger partial charge on any atom is -0.383 e. The Bertz CT molecular complexity index is 557. The molecule has 3 N–H and O–H groups in total. The zero-order valence-electron chi connectivity index (χ0n) is 12.3. The fraction of sp³-hybridized carbons (Fsp3) is 0.267. The highest BCUT2D eigenvalue weighted by atomic mass is 16.5. The van der Waals surface area contributed by atoms with E-state index in [1.165, 1.54) is 7.11 Å². The Morgan fingerprint density at radius 3 is 2.59 bits per heavy atom. The van der Waals surface area contributed by atoms with Gasteiger partial charge >= 0.3 is 11.8 Å². The molecule has 0 saturated heterocycles. The molecule has 118 valence electrons. The summed E-state index contributed by atoms with van der Waals surface area (Å²) in [6, 6.07) is 6.42. The summed E-state index contributed by atoms with van der Waals surface area (Å²) in [6.07, 6.45) is 1.54. The number of hydrogen-bond donors (Lipinski definition) is 3. The second-order valence-electron chi connectivity index (χ2n) is 4.25. The zero-order valence-corrected chi connectivity index (χ0v) is 12.3. The fourth-order valence-electron chi connectivity index (χ4n) is 1.58. The number of benzene rings is 1. The molecule has 0 spiro atoms. The second kappa shape index (κ2) is 9.30. The second-order valence-corrected chi connectivity index (χ2v) is 4.25. The predicted molar refractivity (Wildman–Crippen MR) is 82.5 cm³/mol. The van der Waals surface area contributed by atoms with Crippen LogP contribution in [0.15, 0.2) is 36.9 Å². The molecule has 1 aromatic rings. The summed E-state index contributed by atoms with van der Waals surface area (Å²) in [6.45, 7) is 4.34. The minimum atomic E-state index is -0.847. The highest BCUT2D eigenvalue weighted by Crippen LogP contribution is 2.14. The van der Waals surface area contributed by atoms with Crippen molar-refractivity contribution < 1.29 is 19.1 Å². The number of anilines is 1.